The molecule has 0 radical (unpaired) electrons. The molecule has 3 aromatic rings. The van der Waals surface area contributed by atoms with Crippen LogP contribution in [0.1, 0.15) is 41.9 Å². The lowest BCUT2D eigenvalue weighted by Gasteiger charge is -2.17. The van der Waals surface area contributed by atoms with Gasteiger partial charge in [0.2, 0.25) is 5.43 Å². The summed E-state index contributed by atoms with van der Waals surface area (Å²) in [5.41, 5.74) is 2.87. The Morgan fingerprint density at radius 2 is 1.79 bits per heavy atom. The first-order chi connectivity index (χ1) is 13.9. The second-order valence-electron chi connectivity index (χ2n) is 7.37. The fraction of sp³-hybridized carbons (Fsp3) is 0.217. The van der Waals surface area contributed by atoms with E-state index < -0.39 is 17.3 Å². The van der Waals surface area contributed by atoms with Crippen LogP contribution in [0.2, 0.25) is 0 Å². The first-order valence-electron chi connectivity index (χ1n) is 9.58. The summed E-state index contributed by atoms with van der Waals surface area (Å²) in [7, 11) is 0. The van der Waals surface area contributed by atoms with Gasteiger partial charge in [0.25, 0.3) is 5.91 Å². The van der Waals surface area contributed by atoms with Crippen LogP contribution in [0.25, 0.3) is 16.8 Å². The molecule has 3 N–H and O–H groups in total. The van der Waals surface area contributed by atoms with Gasteiger partial charge in [-0.1, -0.05) is 24.3 Å². The van der Waals surface area contributed by atoms with Crippen molar-refractivity contribution in [1.82, 2.24) is 9.88 Å². The maximum atomic E-state index is 12.4. The first kappa shape index (κ1) is 19.0. The van der Waals surface area contributed by atoms with Gasteiger partial charge in [-0.25, -0.2) is 0 Å². The number of nitrogens with one attached hydrogen (secondary N) is 1. The summed E-state index contributed by atoms with van der Waals surface area (Å²) in [6.45, 7) is 1.56. The zero-order chi connectivity index (χ0) is 20.5. The average molecular weight is 390 g/mol. The number of aromatic nitrogens is 1. The highest BCUT2D eigenvalue weighted by atomic mass is 16.3. The van der Waals surface area contributed by atoms with Gasteiger partial charge >= 0.3 is 0 Å². The molecule has 0 aliphatic heterocycles. The molecule has 29 heavy (non-hydrogen) atoms. The first-order valence-corrected chi connectivity index (χ1v) is 9.58. The van der Waals surface area contributed by atoms with Gasteiger partial charge in [0.1, 0.15) is 0 Å². The number of hydrogen-bond acceptors (Lipinski definition) is 4. The number of amides is 1. The van der Waals surface area contributed by atoms with Gasteiger partial charge in [0.05, 0.1) is 18.0 Å². The minimum absolute atomic E-state index is 0.0766. The van der Waals surface area contributed by atoms with Crippen molar-refractivity contribution in [2.45, 2.75) is 31.9 Å². The maximum absolute atomic E-state index is 12.4. The molecule has 0 spiro atoms. The fourth-order valence-corrected chi connectivity index (χ4v) is 3.26. The zero-order valence-electron chi connectivity index (χ0n) is 16.0. The predicted octanol–water partition coefficient (Wildman–Crippen LogP) is 3.16. The minimum Gasteiger partial charge on any atom is -0.503 e. The minimum atomic E-state index is -0.888. The monoisotopic (exact) mass is 390 g/mol. The molecule has 1 saturated carbocycles. The molecule has 1 aromatic heterocycles. The number of nitrogens with zero attached hydrogens (tertiary/aromatic N) is 1. The molecule has 0 bridgehead atoms. The van der Waals surface area contributed by atoms with E-state index in [1.165, 1.54) is 12.3 Å². The van der Waals surface area contributed by atoms with Crippen LogP contribution >= 0.6 is 0 Å². The van der Waals surface area contributed by atoms with E-state index in [1.54, 1.807) is 17.6 Å². The highest BCUT2D eigenvalue weighted by Gasteiger charge is 2.23. The number of aromatic hydroxyl groups is 1. The molecule has 148 valence electrons. The second-order valence-corrected chi connectivity index (χ2v) is 7.37. The Kier molecular flexibility index (Phi) is 4.94. The van der Waals surface area contributed by atoms with Crippen molar-refractivity contribution in [2.24, 2.45) is 0 Å². The van der Waals surface area contributed by atoms with Gasteiger partial charge < -0.3 is 20.1 Å². The number of benzene rings is 2. The molecule has 1 unspecified atom stereocenters. The van der Waals surface area contributed by atoms with E-state index in [0.29, 0.717) is 23.0 Å². The van der Waals surface area contributed by atoms with Crippen LogP contribution in [0, 0.1) is 0 Å². The Hall–Kier alpha value is -3.38. The van der Waals surface area contributed by atoms with Gasteiger partial charge in [-0.3, -0.25) is 9.59 Å². The lowest BCUT2D eigenvalue weighted by molar-refractivity contribution is 0.0951. The van der Waals surface area contributed by atoms with Crippen LogP contribution < -0.4 is 10.7 Å². The van der Waals surface area contributed by atoms with Gasteiger partial charge in [-0.15, -0.1) is 0 Å². The highest BCUT2D eigenvalue weighted by molar-refractivity contribution is 5.95. The molecule has 1 aliphatic carbocycles. The van der Waals surface area contributed by atoms with Crippen LogP contribution in [-0.4, -0.2) is 26.7 Å². The molecule has 1 atom stereocenters. The summed E-state index contributed by atoms with van der Waals surface area (Å²) in [5.74, 6) is -0.467. The maximum Gasteiger partial charge on any atom is 0.251 e. The summed E-state index contributed by atoms with van der Waals surface area (Å²) >= 11 is 0. The summed E-state index contributed by atoms with van der Waals surface area (Å²) < 4.78 is 1.59. The molecular formula is C23H22N2O4. The molecule has 1 heterocycles. The summed E-state index contributed by atoms with van der Waals surface area (Å²) in [6.07, 6.45) is 2.49. The Morgan fingerprint density at radius 3 is 2.48 bits per heavy atom. The normalized spacial score (nSPS) is 14.4. The van der Waals surface area contributed by atoms with E-state index in [9.17, 15) is 19.8 Å². The molecule has 1 fully saturated rings. The smallest absolute Gasteiger partial charge is 0.251 e. The van der Waals surface area contributed by atoms with Crippen molar-refractivity contribution in [3.63, 3.8) is 0 Å². The van der Waals surface area contributed by atoms with E-state index in [2.05, 4.69) is 5.32 Å². The fourth-order valence-electron chi connectivity index (χ4n) is 3.26. The van der Waals surface area contributed by atoms with Gasteiger partial charge in [-0.2, -0.15) is 0 Å². The van der Waals surface area contributed by atoms with E-state index in [0.717, 1.165) is 24.0 Å². The lowest BCUT2D eigenvalue weighted by Crippen LogP contribution is -2.25. The molecule has 4 rings (SSSR count). The number of aliphatic hydroxyl groups excluding tert-OH is 1. The third-order valence-electron chi connectivity index (χ3n) is 4.98. The highest BCUT2D eigenvalue weighted by Crippen LogP contribution is 2.26. The van der Waals surface area contributed by atoms with E-state index in [-0.39, 0.29) is 5.91 Å². The van der Waals surface area contributed by atoms with Crippen molar-refractivity contribution in [2.75, 3.05) is 0 Å². The Balaban J connectivity index is 1.73. The van der Waals surface area contributed by atoms with Gasteiger partial charge in [0, 0.05) is 23.4 Å². The molecule has 6 nitrogen and oxygen atoms in total. The summed E-state index contributed by atoms with van der Waals surface area (Å²) in [5, 5.41) is 22.9. The summed E-state index contributed by atoms with van der Waals surface area (Å²) in [4.78, 5) is 24.1. The molecule has 6 heteroatoms. The van der Waals surface area contributed by atoms with Crippen LogP contribution in [0.5, 0.6) is 5.75 Å². The predicted molar refractivity (Wildman–Crippen MR) is 110 cm³/mol. The number of aliphatic hydroxyl groups is 1. The number of rotatable bonds is 5. The number of carbonyl (C=O) groups is 1. The average Bonchev–Trinajstić information content (AvgIpc) is 3.53. The van der Waals surface area contributed by atoms with E-state index >= 15 is 0 Å². The third-order valence-corrected chi connectivity index (χ3v) is 4.98. The third kappa shape index (κ3) is 4.07. The van der Waals surface area contributed by atoms with Crippen LogP contribution in [-0.2, 0) is 0 Å². The van der Waals surface area contributed by atoms with E-state index in [4.69, 9.17) is 0 Å². The van der Waals surface area contributed by atoms with E-state index in [1.807, 2.05) is 42.5 Å². The van der Waals surface area contributed by atoms with Gasteiger partial charge in [0.15, 0.2) is 5.75 Å². The van der Waals surface area contributed by atoms with Crippen LogP contribution in [0.4, 0.5) is 0 Å². The molecule has 1 amide bonds. The number of carbonyl (C=O) groups excluding carboxylic acids is 1. The van der Waals surface area contributed by atoms with Crippen molar-refractivity contribution >= 4 is 5.91 Å². The Morgan fingerprint density at radius 1 is 1.10 bits per heavy atom. The van der Waals surface area contributed by atoms with Crippen molar-refractivity contribution in [3.8, 4) is 22.6 Å². The standard InChI is InChI=1S/C23H22N2O4/c1-14(26)20-12-21(27)22(28)13-25(20)19-7-3-5-16(11-19)15-4-2-6-17(10-15)23(29)24-18-8-9-18/h2-7,10-14,18,26,28H,8-9H2,1H3,(H,24,29). The molecule has 0 saturated heterocycles. The van der Waals surface area contributed by atoms with Crippen LogP contribution in [0.15, 0.2) is 65.6 Å². The molecule has 2 aromatic carbocycles. The second kappa shape index (κ2) is 7.56. The van der Waals surface area contributed by atoms with Crippen molar-refractivity contribution < 1.29 is 15.0 Å². The van der Waals surface area contributed by atoms with Crippen molar-refractivity contribution in [3.05, 3.63) is 82.3 Å². The van der Waals surface area contributed by atoms with Crippen molar-refractivity contribution in [1.29, 1.82) is 0 Å². The Bertz CT molecular complexity index is 1130. The molecular weight excluding hydrogens is 368 g/mol. The zero-order valence-corrected chi connectivity index (χ0v) is 16.0. The van der Waals surface area contributed by atoms with Gasteiger partial charge in [-0.05, 0) is 55.2 Å². The SMILES string of the molecule is CC(O)c1cc(=O)c(O)cn1-c1cccc(-c2cccc(C(=O)NC3CC3)c2)c1. The number of hydrogen-bond donors (Lipinski definition) is 3. The van der Waals surface area contributed by atoms with Crippen LogP contribution in [0.3, 0.4) is 0 Å². The quantitative estimate of drug-likeness (QED) is 0.624. The Labute approximate surface area is 168 Å². The number of pyridine rings is 1. The largest absolute Gasteiger partial charge is 0.503 e. The lowest BCUT2D eigenvalue weighted by atomic mass is 10.0. The summed E-state index contributed by atoms with van der Waals surface area (Å²) in [6, 6.07) is 16.4. The molecule has 1 aliphatic rings. The topological polar surface area (TPSA) is 91.6 Å².